The van der Waals surface area contributed by atoms with E-state index in [4.69, 9.17) is 5.26 Å². The Bertz CT molecular complexity index is 1060. The van der Waals surface area contributed by atoms with Gasteiger partial charge in [-0.05, 0) is 47.2 Å². The van der Waals surface area contributed by atoms with Crippen LogP contribution in [0.1, 0.15) is 44.9 Å². The number of sulfonamides is 1. The van der Waals surface area contributed by atoms with E-state index in [1.807, 2.05) is 24.6 Å². The minimum absolute atomic E-state index is 0.132. The van der Waals surface area contributed by atoms with E-state index >= 15 is 0 Å². The second kappa shape index (κ2) is 9.01. The molecular weight excluding hydrogens is 395 g/mol. The zero-order chi connectivity index (χ0) is 21.8. The van der Waals surface area contributed by atoms with Crippen LogP contribution in [0.4, 0.5) is 14.9 Å². The Balaban J connectivity index is 2.51. The van der Waals surface area contributed by atoms with E-state index in [2.05, 4.69) is 10.3 Å². The lowest BCUT2D eigenvalue weighted by atomic mass is 9.94. The summed E-state index contributed by atoms with van der Waals surface area (Å²) < 4.78 is 40.4. The van der Waals surface area contributed by atoms with Crippen LogP contribution in [0.2, 0.25) is 0 Å². The molecule has 29 heavy (non-hydrogen) atoms. The van der Waals surface area contributed by atoms with E-state index in [1.54, 1.807) is 19.9 Å². The highest BCUT2D eigenvalue weighted by Crippen LogP contribution is 2.36. The first-order valence-corrected chi connectivity index (χ1v) is 10.7. The van der Waals surface area contributed by atoms with E-state index in [1.165, 1.54) is 24.4 Å². The smallest absolute Gasteiger partial charge is 0.306 e. The molecule has 1 aromatic heterocycles. The molecule has 0 aliphatic carbocycles. The number of nitrogens with zero attached hydrogens (tertiary/aromatic N) is 2. The maximum Gasteiger partial charge on any atom is 0.332 e. The van der Waals surface area contributed by atoms with Crippen molar-refractivity contribution in [1.82, 2.24) is 9.71 Å². The predicted molar refractivity (Wildman–Crippen MR) is 109 cm³/mol. The Hall–Kier alpha value is -2.99. The normalized spacial score (nSPS) is 11.4. The number of hydrogen-bond acceptors (Lipinski definition) is 5. The Kier molecular flexibility index (Phi) is 6.93. The van der Waals surface area contributed by atoms with Crippen LogP contribution in [0.25, 0.3) is 11.1 Å². The van der Waals surface area contributed by atoms with Crippen LogP contribution in [0.15, 0.2) is 30.5 Å². The molecule has 0 radical (unpaired) electrons. The van der Waals surface area contributed by atoms with Crippen molar-refractivity contribution in [2.75, 3.05) is 11.1 Å². The monoisotopic (exact) mass is 418 g/mol. The lowest BCUT2D eigenvalue weighted by molar-refractivity contribution is 0.256. The topological polar surface area (TPSA) is 112 Å². The first-order valence-electron chi connectivity index (χ1n) is 9.04. The number of halogens is 1. The fraction of sp³-hybridized carbons (Fsp3) is 0.350. The molecule has 0 aliphatic heterocycles. The van der Waals surface area contributed by atoms with Crippen molar-refractivity contribution in [3.8, 4) is 17.2 Å². The molecule has 0 fully saturated rings. The highest BCUT2D eigenvalue weighted by molar-refractivity contribution is 7.90. The van der Waals surface area contributed by atoms with Crippen LogP contribution in [0.3, 0.4) is 0 Å². The average molecular weight is 418 g/mol. The number of pyridine rings is 1. The maximum atomic E-state index is 14.3. The summed E-state index contributed by atoms with van der Waals surface area (Å²) in [5, 5.41) is 11.6. The highest BCUT2D eigenvalue weighted by atomic mass is 32.2. The molecule has 0 spiro atoms. The second-order valence-electron chi connectivity index (χ2n) is 7.35. The van der Waals surface area contributed by atoms with Gasteiger partial charge in [-0.2, -0.15) is 5.26 Å². The predicted octanol–water partition coefficient (Wildman–Crippen LogP) is 3.99. The Labute approximate surface area is 170 Å². The third-order valence-electron chi connectivity index (χ3n) is 3.98. The molecule has 0 bridgehead atoms. The van der Waals surface area contributed by atoms with Gasteiger partial charge in [-0.3, -0.25) is 0 Å². The van der Waals surface area contributed by atoms with Gasteiger partial charge in [0.05, 0.1) is 11.4 Å². The minimum atomic E-state index is -3.82. The number of nitrogens with one attached hydrogen (secondary N) is 2. The molecule has 2 rings (SSSR count). The summed E-state index contributed by atoms with van der Waals surface area (Å²) in [4.78, 5) is 16.3. The molecule has 0 saturated heterocycles. The molecule has 2 aromatic rings. The fourth-order valence-electron chi connectivity index (χ4n) is 2.87. The summed E-state index contributed by atoms with van der Waals surface area (Å²) >= 11 is 0. The molecule has 7 nitrogen and oxygen atoms in total. The van der Waals surface area contributed by atoms with Gasteiger partial charge in [0.25, 0.3) is 0 Å². The molecule has 0 atom stereocenters. The van der Waals surface area contributed by atoms with Crippen LogP contribution >= 0.6 is 0 Å². The number of carbonyl (C=O) groups is 1. The zero-order valence-corrected chi connectivity index (χ0v) is 17.5. The van der Waals surface area contributed by atoms with Crippen LogP contribution in [-0.2, 0) is 10.0 Å². The average Bonchev–Trinajstić information content (AvgIpc) is 2.60. The van der Waals surface area contributed by atoms with Crippen LogP contribution in [-0.4, -0.2) is 25.2 Å². The third-order valence-corrected chi connectivity index (χ3v) is 5.58. The standard InChI is InChI=1S/C20H23FN4O3S/c1-12(2)11-29(27,28)25-20(26)24-19-17(13(3)4)8-15(21)9-18(19)14-5-6-23-16(7-14)10-22/h5-9,12-13H,11H2,1-4H3,(H2,24,25,26). The van der Waals surface area contributed by atoms with Crippen molar-refractivity contribution in [2.24, 2.45) is 5.92 Å². The van der Waals surface area contributed by atoms with Gasteiger partial charge in [0.1, 0.15) is 17.6 Å². The maximum absolute atomic E-state index is 14.3. The van der Waals surface area contributed by atoms with Gasteiger partial charge in [-0.25, -0.2) is 27.3 Å². The number of aromatic nitrogens is 1. The van der Waals surface area contributed by atoms with Gasteiger partial charge >= 0.3 is 6.03 Å². The van der Waals surface area contributed by atoms with Crippen LogP contribution < -0.4 is 10.0 Å². The lowest BCUT2D eigenvalue weighted by Gasteiger charge is -2.19. The SMILES string of the molecule is CC(C)CS(=O)(=O)NC(=O)Nc1c(-c2ccnc(C#N)c2)cc(F)cc1C(C)C. The quantitative estimate of drug-likeness (QED) is 0.737. The van der Waals surface area contributed by atoms with E-state index in [-0.39, 0.29) is 29.0 Å². The summed E-state index contributed by atoms with van der Waals surface area (Å²) in [7, 11) is -3.82. The molecule has 2 amide bonds. The van der Waals surface area contributed by atoms with Crippen molar-refractivity contribution >= 4 is 21.7 Å². The lowest BCUT2D eigenvalue weighted by Crippen LogP contribution is -2.37. The number of rotatable bonds is 6. The summed E-state index contributed by atoms with van der Waals surface area (Å²) in [5.41, 5.74) is 1.69. The van der Waals surface area contributed by atoms with Gasteiger partial charge in [-0.15, -0.1) is 0 Å². The van der Waals surface area contributed by atoms with Gasteiger partial charge in [0, 0.05) is 11.8 Å². The largest absolute Gasteiger partial charge is 0.332 e. The molecule has 0 unspecified atom stereocenters. The van der Waals surface area contributed by atoms with Crippen molar-refractivity contribution in [3.05, 3.63) is 47.5 Å². The number of amides is 2. The molecule has 1 heterocycles. The van der Waals surface area contributed by atoms with Crippen molar-refractivity contribution in [3.63, 3.8) is 0 Å². The summed E-state index contributed by atoms with van der Waals surface area (Å²) in [6, 6.07) is 6.54. The minimum Gasteiger partial charge on any atom is -0.306 e. The number of nitriles is 1. The fourth-order valence-corrected chi connectivity index (χ4v) is 4.16. The number of benzene rings is 1. The Morgan fingerprint density at radius 2 is 1.93 bits per heavy atom. The van der Waals surface area contributed by atoms with Crippen LogP contribution in [0, 0.1) is 23.1 Å². The van der Waals surface area contributed by atoms with Gasteiger partial charge in [0.2, 0.25) is 10.0 Å². The second-order valence-corrected chi connectivity index (χ2v) is 9.11. The molecule has 0 saturated carbocycles. The molecule has 9 heteroatoms. The van der Waals surface area contributed by atoms with Crippen LogP contribution in [0.5, 0.6) is 0 Å². The zero-order valence-electron chi connectivity index (χ0n) is 16.7. The van der Waals surface area contributed by atoms with E-state index < -0.39 is 21.9 Å². The Morgan fingerprint density at radius 1 is 1.24 bits per heavy atom. The summed E-state index contributed by atoms with van der Waals surface area (Å²) in [6.45, 7) is 7.10. The molecule has 1 aromatic carbocycles. The van der Waals surface area contributed by atoms with Crippen molar-refractivity contribution in [2.45, 2.75) is 33.6 Å². The Morgan fingerprint density at radius 3 is 2.52 bits per heavy atom. The number of hydrogen-bond donors (Lipinski definition) is 2. The third kappa shape index (κ3) is 5.99. The summed E-state index contributed by atoms with van der Waals surface area (Å²) in [6.07, 6.45) is 1.41. The summed E-state index contributed by atoms with van der Waals surface area (Å²) in [5.74, 6) is -1.04. The van der Waals surface area contributed by atoms with Crippen molar-refractivity contribution in [1.29, 1.82) is 5.26 Å². The van der Waals surface area contributed by atoms with Gasteiger partial charge in [-0.1, -0.05) is 27.7 Å². The highest BCUT2D eigenvalue weighted by Gasteiger charge is 2.21. The van der Waals surface area contributed by atoms with Gasteiger partial charge in [0.15, 0.2) is 0 Å². The first kappa shape index (κ1) is 22.3. The molecule has 154 valence electrons. The van der Waals surface area contributed by atoms with Crippen molar-refractivity contribution < 1.29 is 17.6 Å². The number of carbonyl (C=O) groups excluding carboxylic acids is 1. The van der Waals surface area contributed by atoms with E-state index in [0.29, 0.717) is 16.7 Å². The number of anilines is 1. The molecule has 0 aliphatic rings. The van der Waals surface area contributed by atoms with E-state index in [9.17, 15) is 17.6 Å². The molecule has 2 N–H and O–H groups in total. The number of urea groups is 1. The van der Waals surface area contributed by atoms with E-state index in [0.717, 1.165) is 0 Å². The first-order chi connectivity index (χ1) is 13.5. The molecular formula is C20H23FN4O3S. The van der Waals surface area contributed by atoms with Gasteiger partial charge < -0.3 is 5.32 Å².